The molecule has 40 heavy (non-hydrogen) atoms. The van der Waals surface area contributed by atoms with Crippen LogP contribution in [0.15, 0.2) is 87.0 Å². The fraction of sp³-hybridized carbons (Fsp3) is 0.200. The van der Waals surface area contributed by atoms with Crippen LogP contribution in [0.25, 0.3) is 21.9 Å². The first-order valence-corrected chi connectivity index (χ1v) is 14.6. The summed E-state index contributed by atoms with van der Waals surface area (Å²) in [6, 6.07) is 16.9. The quantitative estimate of drug-likeness (QED) is 0.132. The first-order chi connectivity index (χ1) is 19.1. The zero-order chi connectivity index (χ0) is 28.4. The van der Waals surface area contributed by atoms with Gasteiger partial charge in [-0.05, 0) is 48.7 Å². The molecular formula is C30H27ClN2O6S. The second-order valence-corrected chi connectivity index (χ2v) is 11.7. The van der Waals surface area contributed by atoms with E-state index in [-0.39, 0.29) is 27.7 Å². The van der Waals surface area contributed by atoms with E-state index in [2.05, 4.69) is 9.71 Å². The molecule has 5 aromatic rings. The number of carbonyl (C=O) groups excluding carboxylic acids is 1. The van der Waals surface area contributed by atoms with Crippen LogP contribution in [0.5, 0.6) is 5.75 Å². The van der Waals surface area contributed by atoms with Crippen molar-refractivity contribution in [2.24, 2.45) is 0 Å². The molecule has 0 aliphatic carbocycles. The predicted molar refractivity (Wildman–Crippen MR) is 154 cm³/mol. The van der Waals surface area contributed by atoms with Crippen LogP contribution < -0.4 is 15.1 Å². The van der Waals surface area contributed by atoms with E-state index in [0.29, 0.717) is 11.8 Å². The van der Waals surface area contributed by atoms with Crippen LogP contribution in [0.1, 0.15) is 30.0 Å². The number of rotatable bonds is 9. The van der Waals surface area contributed by atoms with Gasteiger partial charge in [0.1, 0.15) is 11.6 Å². The van der Waals surface area contributed by atoms with Crippen molar-refractivity contribution >= 4 is 49.5 Å². The summed E-state index contributed by atoms with van der Waals surface area (Å²) >= 11 is 6.49. The summed E-state index contributed by atoms with van der Waals surface area (Å²) in [7, 11) is -4.09. The van der Waals surface area contributed by atoms with Crippen LogP contribution in [0.2, 0.25) is 5.02 Å². The Hall–Kier alpha value is -3.92. The number of fused-ring (bicyclic) bond motifs is 2. The Morgan fingerprint density at radius 3 is 2.55 bits per heavy atom. The van der Waals surface area contributed by atoms with Crippen molar-refractivity contribution in [3.8, 4) is 5.75 Å². The lowest BCUT2D eigenvalue weighted by molar-refractivity contribution is -0.136. The van der Waals surface area contributed by atoms with E-state index < -0.39 is 27.7 Å². The minimum Gasteiger partial charge on any atom is -0.424 e. The second-order valence-electron chi connectivity index (χ2n) is 9.59. The molecule has 0 spiro atoms. The first kappa shape index (κ1) is 27.6. The molecule has 10 heteroatoms. The summed E-state index contributed by atoms with van der Waals surface area (Å²) in [5, 5.41) is 1.62. The van der Waals surface area contributed by atoms with Crippen LogP contribution in [0.4, 0.5) is 0 Å². The molecule has 0 unspecified atom stereocenters. The number of aromatic amines is 1. The van der Waals surface area contributed by atoms with Crippen molar-refractivity contribution in [2.75, 3.05) is 0 Å². The van der Waals surface area contributed by atoms with Gasteiger partial charge in [0.05, 0.1) is 9.92 Å². The second kappa shape index (κ2) is 11.3. The van der Waals surface area contributed by atoms with Crippen LogP contribution in [-0.4, -0.2) is 25.4 Å². The molecule has 3 aromatic carbocycles. The van der Waals surface area contributed by atoms with Gasteiger partial charge in [-0.2, -0.15) is 4.72 Å². The zero-order valence-corrected chi connectivity index (χ0v) is 23.4. The summed E-state index contributed by atoms with van der Waals surface area (Å²) in [6.07, 6.45) is 3.20. The van der Waals surface area contributed by atoms with Gasteiger partial charge in [-0.25, -0.2) is 18.0 Å². The summed E-state index contributed by atoms with van der Waals surface area (Å²) in [5.74, 6) is -0.913. The largest absolute Gasteiger partial charge is 0.424 e. The number of H-pyrrole nitrogens is 1. The third kappa shape index (κ3) is 5.82. The fourth-order valence-electron chi connectivity index (χ4n) is 4.63. The highest BCUT2D eigenvalue weighted by atomic mass is 35.5. The lowest BCUT2D eigenvalue weighted by Crippen LogP contribution is -2.44. The van der Waals surface area contributed by atoms with Gasteiger partial charge < -0.3 is 14.1 Å². The average Bonchev–Trinajstić information content (AvgIpc) is 3.32. The Kier molecular flexibility index (Phi) is 7.80. The van der Waals surface area contributed by atoms with Gasteiger partial charge in [0.2, 0.25) is 10.0 Å². The minimum atomic E-state index is -4.09. The fourth-order valence-corrected chi connectivity index (χ4v) is 6.01. The normalized spacial score (nSPS) is 12.6. The van der Waals surface area contributed by atoms with Gasteiger partial charge in [0.25, 0.3) is 0 Å². The van der Waals surface area contributed by atoms with E-state index in [1.807, 2.05) is 38.1 Å². The summed E-state index contributed by atoms with van der Waals surface area (Å²) in [4.78, 5) is 28.8. The number of hydrogen-bond donors (Lipinski definition) is 2. The van der Waals surface area contributed by atoms with Crippen LogP contribution >= 0.6 is 11.6 Å². The Morgan fingerprint density at radius 2 is 1.80 bits per heavy atom. The molecule has 206 valence electrons. The molecule has 2 heterocycles. The molecule has 0 bridgehead atoms. The molecule has 1 atom stereocenters. The lowest BCUT2D eigenvalue weighted by Gasteiger charge is -2.18. The van der Waals surface area contributed by atoms with Gasteiger partial charge in [-0.1, -0.05) is 60.8 Å². The lowest BCUT2D eigenvalue weighted by atomic mass is 10.1. The topological polar surface area (TPSA) is 118 Å². The van der Waals surface area contributed by atoms with E-state index in [4.69, 9.17) is 20.8 Å². The summed E-state index contributed by atoms with van der Waals surface area (Å²) in [6.45, 7) is 3.84. The smallest absolute Gasteiger partial charge is 0.336 e. The highest BCUT2D eigenvalue weighted by Crippen LogP contribution is 2.32. The van der Waals surface area contributed by atoms with Gasteiger partial charge in [-0.3, -0.25) is 0 Å². The number of benzene rings is 3. The van der Waals surface area contributed by atoms with Gasteiger partial charge >= 0.3 is 11.6 Å². The van der Waals surface area contributed by atoms with Crippen LogP contribution in [0.3, 0.4) is 0 Å². The molecule has 0 aliphatic heterocycles. The summed E-state index contributed by atoms with van der Waals surface area (Å²) in [5.41, 5.74) is 2.94. The number of hydrogen-bond acceptors (Lipinski definition) is 6. The van der Waals surface area contributed by atoms with Gasteiger partial charge in [0.15, 0.2) is 5.75 Å². The minimum absolute atomic E-state index is 0.00880. The van der Waals surface area contributed by atoms with Gasteiger partial charge in [0, 0.05) is 41.0 Å². The third-order valence-corrected chi connectivity index (χ3v) is 8.41. The molecule has 0 amide bonds. The van der Waals surface area contributed by atoms with Crippen LogP contribution in [0, 0.1) is 6.92 Å². The molecule has 0 aliphatic rings. The number of ether oxygens (including phenoxy) is 1. The van der Waals surface area contributed by atoms with Crippen molar-refractivity contribution in [3.05, 3.63) is 105 Å². The highest BCUT2D eigenvalue weighted by Gasteiger charge is 2.29. The number of sulfonamides is 1. The Morgan fingerprint density at radius 1 is 1.05 bits per heavy atom. The van der Waals surface area contributed by atoms with Crippen LogP contribution in [-0.2, 0) is 27.7 Å². The van der Waals surface area contributed by atoms with Crippen molar-refractivity contribution in [2.45, 2.75) is 44.0 Å². The SMILES string of the molecule is CCCc1cc(=O)oc2cc(OC(=O)[C@H](Cc3c[nH]c4ccccc34)NS(=O)(=O)c3ccc(C)cc3)c(Cl)cc12. The maximum atomic E-state index is 13.6. The first-order valence-electron chi connectivity index (χ1n) is 12.8. The van der Waals surface area contributed by atoms with Crippen molar-refractivity contribution in [1.82, 2.24) is 9.71 Å². The standard InChI is InChI=1S/C30H27ClN2O6S/c1-3-6-19-14-29(34)38-27-16-28(24(31)15-23(19)27)39-30(35)26(13-20-17-32-25-8-5-4-7-22(20)25)33-40(36,37)21-11-9-18(2)10-12-21/h4-5,7-12,14-17,26,32-33H,3,6,13H2,1-2H3/t26-/m0/s1. The summed E-state index contributed by atoms with van der Waals surface area (Å²) < 4.78 is 40.1. The average molecular weight is 579 g/mol. The number of nitrogens with one attached hydrogen (secondary N) is 2. The number of para-hydroxylation sites is 1. The highest BCUT2D eigenvalue weighted by molar-refractivity contribution is 7.89. The third-order valence-electron chi connectivity index (χ3n) is 6.62. The van der Waals surface area contributed by atoms with E-state index >= 15 is 0 Å². The molecule has 0 radical (unpaired) electrons. The maximum Gasteiger partial charge on any atom is 0.336 e. The molecule has 5 rings (SSSR count). The number of esters is 1. The van der Waals surface area contributed by atoms with Crippen molar-refractivity contribution in [3.63, 3.8) is 0 Å². The monoisotopic (exact) mass is 578 g/mol. The Bertz CT molecular complexity index is 1880. The molecule has 2 N–H and O–H groups in total. The molecule has 2 aromatic heterocycles. The van der Waals surface area contributed by atoms with E-state index in [0.717, 1.165) is 34.0 Å². The number of aromatic nitrogens is 1. The van der Waals surface area contributed by atoms with E-state index in [1.165, 1.54) is 24.3 Å². The van der Waals surface area contributed by atoms with Crippen molar-refractivity contribution < 1.29 is 22.4 Å². The van der Waals surface area contributed by atoms with E-state index in [1.54, 1.807) is 24.4 Å². The molecule has 0 fully saturated rings. The Labute approximate surface area is 236 Å². The predicted octanol–water partition coefficient (Wildman–Crippen LogP) is 5.68. The molecule has 0 saturated heterocycles. The number of halogens is 1. The maximum absolute atomic E-state index is 13.6. The molecular weight excluding hydrogens is 552 g/mol. The van der Waals surface area contributed by atoms with Gasteiger partial charge in [-0.15, -0.1) is 0 Å². The number of aryl methyl sites for hydroxylation is 2. The molecule has 0 saturated carbocycles. The van der Waals surface area contributed by atoms with E-state index in [9.17, 15) is 18.0 Å². The van der Waals surface area contributed by atoms with Crippen molar-refractivity contribution in [1.29, 1.82) is 0 Å². The number of carbonyl (C=O) groups is 1. The Balaban J connectivity index is 1.50. The zero-order valence-electron chi connectivity index (χ0n) is 21.9. The molecule has 8 nitrogen and oxygen atoms in total.